The maximum Gasteiger partial charge on any atom is 0.338 e. The summed E-state index contributed by atoms with van der Waals surface area (Å²) in [7, 11) is 3.69. The van der Waals surface area contributed by atoms with Gasteiger partial charge in [0.2, 0.25) is 5.91 Å². The average Bonchev–Trinajstić information content (AvgIpc) is 3.07. The molecular formula is C29H50N2O12. The van der Waals surface area contributed by atoms with Crippen molar-refractivity contribution < 1.29 is 59.2 Å². The number of aliphatic hydroxyl groups is 6. The van der Waals surface area contributed by atoms with Crippen LogP contribution in [0.25, 0.3) is 0 Å². The van der Waals surface area contributed by atoms with Crippen LogP contribution < -0.4 is 5.32 Å². The van der Waals surface area contributed by atoms with Crippen LogP contribution in [0.15, 0.2) is 24.3 Å². The van der Waals surface area contributed by atoms with Crippen LogP contribution in [0.2, 0.25) is 0 Å². The van der Waals surface area contributed by atoms with Crippen molar-refractivity contribution >= 4 is 17.8 Å². The van der Waals surface area contributed by atoms with Crippen molar-refractivity contribution in [2.24, 2.45) is 11.8 Å². The van der Waals surface area contributed by atoms with Gasteiger partial charge in [-0.2, -0.15) is 0 Å². The summed E-state index contributed by atoms with van der Waals surface area (Å²) in [5, 5.41) is 64.5. The van der Waals surface area contributed by atoms with Gasteiger partial charge in [0.15, 0.2) is 12.2 Å². The highest BCUT2D eigenvalue weighted by Gasteiger charge is 2.40. The molecule has 10 unspecified atom stereocenters. The summed E-state index contributed by atoms with van der Waals surface area (Å²) in [6.45, 7) is 7.36. The van der Waals surface area contributed by atoms with E-state index in [4.69, 9.17) is 14.2 Å². The highest BCUT2D eigenvalue weighted by molar-refractivity contribution is 5.89. The van der Waals surface area contributed by atoms with Gasteiger partial charge in [0.25, 0.3) is 5.91 Å². The number of ether oxygens (including phenoxy) is 3. The Balaban J connectivity index is 2.89. The van der Waals surface area contributed by atoms with Crippen molar-refractivity contribution in [1.29, 1.82) is 0 Å². The van der Waals surface area contributed by atoms with Crippen LogP contribution in [0.4, 0.5) is 0 Å². The van der Waals surface area contributed by atoms with Gasteiger partial charge >= 0.3 is 5.97 Å². The summed E-state index contributed by atoms with van der Waals surface area (Å²) in [6.07, 6.45) is -8.25. The van der Waals surface area contributed by atoms with E-state index in [1.807, 2.05) is 27.7 Å². The second-order valence-electron chi connectivity index (χ2n) is 11.4. The van der Waals surface area contributed by atoms with E-state index in [0.29, 0.717) is 0 Å². The summed E-state index contributed by atoms with van der Waals surface area (Å²) in [5.74, 6) is -2.30. The molecule has 0 aromatic carbocycles. The summed E-state index contributed by atoms with van der Waals surface area (Å²) in [6, 6.07) is -1.09. The normalized spacial score (nSPS) is 24.0. The Hall–Kier alpha value is -2.43. The van der Waals surface area contributed by atoms with Gasteiger partial charge < -0.3 is 55.1 Å². The quantitative estimate of drug-likeness (QED) is 0.0758. The monoisotopic (exact) mass is 618 g/mol. The third kappa shape index (κ3) is 11.9. The van der Waals surface area contributed by atoms with E-state index < -0.39 is 78.8 Å². The lowest BCUT2D eigenvalue weighted by Gasteiger charge is -2.29. The van der Waals surface area contributed by atoms with E-state index in [1.165, 1.54) is 24.1 Å². The lowest BCUT2D eigenvalue weighted by atomic mass is 10.00. The number of aliphatic hydroxyl groups excluding tert-OH is 6. The maximum absolute atomic E-state index is 13.0. The van der Waals surface area contributed by atoms with Gasteiger partial charge in [0.05, 0.1) is 6.54 Å². The molecular weight excluding hydrogens is 568 g/mol. The molecule has 0 saturated carbocycles. The highest BCUT2D eigenvalue weighted by atomic mass is 16.6. The lowest BCUT2D eigenvalue weighted by Crippen LogP contribution is -2.55. The van der Waals surface area contributed by atoms with E-state index in [1.54, 1.807) is 12.2 Å². The Kier molecular flexibility index (Phi) is 16.5. The van der Waals surface area contributed by atoms with E-state index in [-0.39, 0.29) is 31.2 Å². The minimum absolute atomic E-state index is 0.0171. The van der Waals surface area contributed by atoms with Crippen molar-refractivity contribution in [1.82, 2.24) is 10.2 Å². The number of rotatable bonds is 16. The Bertz CT molecular complexity index is 942. The molecule has 1 rings (SSSR count). The summed E-state index contributed by atoms with van der Waals surface area (Å²) in [5.41, 5.74) is 0. The SMILES string of the molecule is COC(C(=O)NC1CCC(OC(=O)C(OC)C(O)C(O)C(O)C=CC(C)C)CN(C)C1=O)C(O)C(O)C(O)C=CC(C)C. The zero-order chi connectivity index (χ0) is 33.0. The molecule has 248 valence electrons. The van der Waals surface area contributed by atoms with Crippen LogP contribution in [0.1, 0.15) is 40.5 Å². The van der Waals surface area contributed by atoms with E-state index in [2.05, 4.69) is 5.32 Å². The van der Waals surface area contributed by atoms with Gasteiger partial charge in [-0.1, -0.05) is 52.0 Å². The second kappa shape index (κ2) is 18.4. The van der Waals surface area contributed by atoms with Crippen molar-refractivity contribution in [3.05, 3.63) is 24.3 Å². The first kappa shape index (κ1) is 38.6. The van der Waals surface area contributed by atoms with Gasteiger partial charge in [0.1, 0.15) is 48.8 Å². The highest BCUT2D eigenvalue weighted by Crippen LogP contribution is 2.19. The Morgan fingerprint density at radius 2 is 1.26 bits per heavy atom. The largest absolute Gasteiger partial charge is 0.458 e. The number of allylic oxidation sites excluding steroid dienone is 2. The van der Waals surface area contributed by atoms with E-state index >= 15 is 0 Å². The molecule has 10 atom stereocenters. The van der Waals surface area contributed by atoms with Crippen LogP contribution in [-0.2, 0) is 28.6 Å². The summed E-state index contributed by atoms with van der Waals surface area (Å²) in [4.78, 5) is 40.0. The molecule has 1 aliphatic heterocycles. The zero-order valence-electron chi connectivity index (χ0n) is 25.9. The number of likely N-dealkylation sites (N-methyl/N-ethyl adjacent to an activating group) is 1. The fourth-order valence-electron chi connectivity index (χ4n) is 4.38. The first-order valence-corrected chi connectivity index (χ1v) is 14.3. The topological polar surface area (TPSA) is 216 Å². The smallest absolute Gasteiger partial charge is 0.338 e. The fraction of sp³-hybridized carbons (Fsp3) is 0.759. The zero-order valence-corrected chi connectivity index (χ0v) is 25.9. The molecule has 43 heavy (non-hydrogen) atoms. The molecule has 1 heterocycles. The molecule has 7 N–H and O–H groups in total. The van der Waals surface area contributed by atoms with Crippen LogP contribution in [0, 0.1) is 11.8 Å². The number of carbonyl (C=O) groups excluding carboxylic acids is 3. The number of methoxy groups -OCH3 is 2. The predicted molar refractivity (Wildman–Crippen MR) is 154 cm³/mol. The van der Waals surface area contributed by atoms with E-state index in [9.17, 15) is 45.0 Å². The molecule has 0 aromatic heterocycles. The van der Waals surface area contributed by atoms with Crippen LogP contribution in [0.3, 0.4) is 0 Å². The van der Waals surface area contributed by atoms with Gasteiger partial charge in [0, 0.05) is 21.3 Å². The van der Waals surface area contributed by atoms with Crippen molar-refractivity contribution in [3.8, 4) is 0 Å². The number of hydrogen-bond donors (Lipinski definition) is 7. The fourth-order valence-corrected chi connectivity index (χ4v) is 4.38. The lowest BCUT2D eigenvalue weighted by molar-refractivity contribution is -0.177. The van der Waals surface area contributed by atoms with Crippen molar-refractivity contribution in [2.75, 3.05) is 27.8 Å². The first-order valence-electron chi connectivity index (χ1n) is 14.3. The standard InChI is InChI=1S/C29H50N2O12/c1-15(2)8-12-19(32)21(34)23(36)25(41-6)27(38)30-18-11-10-17(14-31(5)28(18)39)43-29(40)26(42-7)24(37)22(35)20(33)13-9-16(3)4/h8-9,12-13,15-26,32-37H,10-11,14H2,1-7H3,(H,30,38). The molecule has 0 aromatic rings. The summed E-state index contributed by atoms with van der Waals surface area (Å²) >= 11 is 0. The molecule has 0 aliphatic carbocycles. The molecule has 0 radical (unpaired) electrons. The first-order chi connectivity index (χ1) is 20.0. The molecule has 0 spiro atoms. The number of carbonyl (C=O) groups is 3. The molecule has 0 bridgehead atoms. The van der Waals surface area contributed by atoms with Crippen LogP contribution in [-0.4, -0.2) is 142 Å². The molecule has 1 fully saturated rings. The third-order valence-electron chi connectivity index (χ3n) is 6.93. The predicted octanol–water partition coefficient (Wildman–Crippen LogP) is -1.74. The summed E-state index contributed by atoms with van der Waals surface area (Å²) < 4.78 is 15.6. The molecule has 2 amide bonds. The van der Waals surface area contributed by atoms with Crippen LogP contribution in [0.5, 0.6) is 0 Å². The molecule has 1 aliphatic rings. The molecule has 1 saturated heterocycles. The number of nitrogens with zero attached hydrogens (tertiary/aromatic N) is 1. The van der Waals surface area contributed by atoms with Crippen LogP contribution >= 0.6 is 0 Å². The number of amides is 2. The third-order valence-corrected chi connectivity index (χ3v) is 6.93. The number of likely N-dealkylation sites (tertiary alicyclic amines) is 1. The molecule has 14 heteroatoms. The second-order valence-corrected chi connectivity index (χ2v) is 11.4. The Morgan fingerprint density at radius 3 is 1.70 bits per heavy atom. The Labute approximate surface area is 252 Å². The molecule has 14 nitrogen and oxygen atoms in total. The maximum atomic E-state index is 13.0. The Morgan fingerprint density at radius 1 is 0.791 bits per heavy atom. The van der Waals surface area contributed by atoms with Gasteiger partial charge in [-0.05, 0) is 24.7 Å². The van der Waals surface area contributed by atoms with Gasteiger partial charge in [-0.15, -0.1) is 0 Å². The minimum atomic E-state index is -1.83. The minimum Gasteiger partial charge on any atom is -0.458 e. The van der Waals surface area contributed by atoms with Gasteiger partial charge in [-0.25, -0.2) is 4.79 Å². The average molecular weight is 619 g/mol. The van der Waals surface area contributed by atoms with Crippen molar-refractivity contribution in [3.63, 3.8) is 0 Å². The van der Waals surface area contributed by atoms with Crippen molar-refractivity contribution in [2.45, 2.75) is 102 Å². The number of hydrogen-bond acceptors (Lipinski definition) is 12. The number of nitrogens with one attached hydrogen (secondary N) is 1. The van der Waals surface area contributed by atoms with E-state index in [0.717, 1.165) is 14.2 Å². The number of esters is 1. The van der Waals surface area contributed by atoms with Gasteiger partial charge in [-0.3, -0.25) is 9.59 Å².